The van der Waals surface area contributed by atoms with Crippen molar-refractivity contribution in [2.75, 3.05) is 11.4 Å². The molecule has 3 heteroatoms. The summed E-state index contributed by atoms with van der Waals surface area (Å²) >= 11 is 0. The SMILES string of the molecule is C=C(C)C1CN(c2ccccc2O)C(=O)C1C. The average Bonchev–Trinajstić information content (AvgIpc) is 2.57. The van der Waals surface area contributed by atoms with Crippen LogP contribution in [0.1, 0.15) is 13.8 Å². The largest absolute Gasteiger partial charge is 0.506 e. The van der Waals surface area contributed by atoms with Gasteiger partial charge in [-0.15, -0.1) is 0 Å². The number of carbonyl (C=O) groups is 1. The van der Waals surface area contributed by atoms with Gasteiger partial charge in [0.25, 0.3) is 0 Å². The normalized spacial score (nSPS) is 24.1. The van der Waals surface area contributed by atoms with E-state index in [0.29, 0.717) is 12.2 Å². The first-order valence-corrected chi connectivity index (χ1v) is 5.77. The molecule has 1 N–H and O–H groups in total. The number of rotatable bonds is 2. The van der Waals surface area contributed by atoms with E-state index in [1.807, 2.05) is 19.9 Å². The van der Waals surface area contributed by atoms with Gasteiger partial charge in [-0.3, -0.25) is 4.79 Å². The molecule has 1 fully saturated rings. The van der Waals surface area contributed by atoms with E-state index in [0.717, 1.165) is 5.57 Å². The lowest BCUT2D eigenvalue weighted by Crippen LogP contribution is -2.26. The van der Waals surface area contributed by atoms with Gasteiger partial charge in [-0.2, -0.15) is 0 Å². The van der Waals surface area contributed by atoms with Crippen molar-refractivity contribution < 1.29 is 9.90 Å². The van der Waals surface area contributed by atoms with Crippen LogP contribution >= 0.6 is 0 Å². The van der Waals surface area contributed by atoms with Gasteiger partial charge in [-0.1, -0.05) is 31.2 Å². The summed E-state index contributed by atoms with van der Waals surface area (Å²) in [6.07, 6.45) is 0. The summed E-state index contributed by atoms with van der Waals surface area (Å²) in [5.41, 5.74) is 1.61. The molecular weight excluding hydrogens is 214 g/mol. The Kier molecular flexibility index (Phi) is 2.92. The van der Waals surface area contributed by atoms with Crippen molar-refractivity contribution in [3.8, 4) is 5.75 Å². The van der Waals surface area contributed by atoms with E-state index in [2.05, 4.69) is 6.58 Å². The van der Waals surface area contributed by atoms with Crippen LogP contribution in [0.2, 0.25) is 0 Å². The zero-order chi connectivity index (χ0) is 12.6. The highest BCUT2D eigenvalue weighted by Gasteiger charge is 2.38. The zero-order valence-corrected chi connectivity index (χ0v) is 10.2. The van der Waals surface area contributed by atoms with Crippen molar-refractivity contribution in [3.05, 3.63) is 36.4 Å². The molecule has 0 radical (unpaired) electrons. The molecule has 0 saturated carbocycles. The van der Waals surface area contributed by atoms with E-state index < -0.39 is 0 Å². The van der Waals surface area contributed by atoms with Crippen LogP contribution in [0.25, 0.3) is 0 Å². The van der Waals surface area contributed by atoms with Gasteiger partial charge in [-0.25, -0.2) is 0 Å². The van der Waals surface area contributed by atoms with Crippen LogP contribution in [-0.2, 0) is 4.79 Å². The fourth-order valence-corrected chi connectivity index (χ4v) is 2.35. The minimum atomic E-state index is -0.0629. The lowest BCUT2D eigenvalue weighted by molar-refractivity contribution is -0.120. The first-order valence-electron chi connectivity index (χ1n) is 5.77. The second-order valence-corrected chi connectivity index (χ2v) is 4.68. The maximum absolute atomic E-state index is 12.1. The minimum absolute atomic E-state index is 0.0551. The van der Waals surface area contributed by atoms with Crippen LogP contribution < -0.4 is 4.90 Å². The molecule has 1 aliphatic rings. The Labute approximate surface area is 101 Å². The Morgan fingerprint density at radius 2 is 2.12 bits per heavy atom. The predicted molar refractivity (Wildman–Crippen MR) is 67.9 cm³/mol. The molecule has 3 nitrogen and oxygen atoms in total. The minimum Gasteiger partial charge on any atom is -0.506 e. The summed E-state index contributed by atoms with van der Waals surface area (Å²) < 4.78 is 0. The number of aromatic hydroxyl groups is 1. The number of hydrogen-bond donors (Lipinski definition) is 1. The molecule has 1 aromatic carbocycles. The van der Waals surface area contributed by atoms with Gasteiger partial charge in [0.05, 0.1) is 5.69 Å². The van der Waals surface area contributed by atoms with Crippen molar-refractivity contribution in [2.45, 2.75) is 13.8 Å². The van der Waals surface area contributed by atoms with Crippen molar-refractivity contribution in [1.29, 1.82) is 0 Å². The number of phenolic OH excluding ortho intramolecular Hbond substituents is 1. The molecule has 2 atom stereocenters. The van der Waals surface area contributed by atoms with E-state index >= 15 is 0 Å². The Balaban J connectivity index is 2.33. The zero-order valence-electron chi connectivity index (χ0n) is 10.2. The van der Waals surface area contributed by atoms with E-state index in [4.69, 9.17) is 0 Å². The molecule has 0 aromatic heterocycles. The molecule has 0 spiro atoms. The molecule has 2 rings (SSSR count). The second-order valence-electron chi connectivity index (χ2n) is 4.68. The van der Waals surface area contributed by atoms with Crippen LogP contribution in [0.4, 0.5) is 5.69 Å². The Morgan fingerprint density at radius 1 is 1.47 bits per heavy atom. The number of anilines is 1. The fourth-order valence-electron chi connectivity index (χ4n) is 2.35. The Bertz CT molecular complexity index is 467. The molecule has 1 saturated heterocycles. The first-order chi connectivity index (χ1) is 8.02. The van der Waals surface area contributed by atoms with Gasteiger partial charge in [0.1, 0.15) is 5.75 Å². The molecule has 1 aliphatic heterocycles. The number of carbonyl (C=O) groups excluding carboxylic acids is 1. The van der Waals surface area contributed by atoms with Crippen LogP contribution in [-0.4, -0.2) is 17.6 Å². The van der Waals surface area contributed by atoms with Crippen molar-refractivity contribution in [2.24, 2.45) is 11.8 Å². The smallest absolute Gasteiger partial charge is 0.230 e. The highest BCUT2D eigenvalue weighted by Crippen LogP contribution is 2.36. The summed E-state index contributed by atoms with van der Waals surface area (Å²) in [4.78, 5) is 13.8. The number of phenols is 1. The van der Waals surface area contributed by atoms with Crippen LogP contribution in [0.5, 0.6) is 5.75 Å². The Morgan fingerprint density at radius 3 is 2.65 bits per heavy atom. The van der Waals surface area contributed by atoms with Gasteiger partial charge in [0.15, 0.2) is 0 Å². The van der Waals surface area contributed by atoms with E-state index in [1.54, 1.807) is 23.1 Å². The molecule has 1 amide bonds. The molecule has 1 heterocycles. The maximum atomic E-state index is 12.1. The van der Waals surface area contributed by atoms with Gasteiger partial charge >= 0.3 is 0 Å². The molecule has 0 aliphatic carbocycles. The number of nitrogens with zero attached hydrogens (tertiary/aromatic N) is 1. The van der Waals surface area contributed by atoms with Gasteiger partial charge in [0.2, 0.25) is 5.91 Å². The summed E-state index contributed by atoms with van der Waals surface area (Å²) in [6, 6.07) is 6.93. The second kappa shape index (κ2) is 4.24. The van der Waals surface area contributed by atoms with Gasteiger partial charge in [-0.05, 0) is 19.1 Å². The van der Waals surface area contributed by atoms with E-state index in [1.165, 1.54) is 0 Å². The highest BCUT2D eigenvalue weighted by atomic mass is 16.3. The standard InChI is InChI=1S/C14H17NO2/c1-9(2)11-8-15(14(17)10(11)3)12-6-4-5-7-13(12)16/h4-7,10-11,16H,1,8H2,2-3H3. The number of amides is 1. The topological polar surface area (TPSA) is 40.5 Å². The quantitative estimate of drug-likeness (QED) is 0.795. The summed E-state index contributed by atoms with van der Waals surface area (Å²) in [5.74, 6) is 0.309. The number of hydrogen-bond acceptors (Lipinski definition) is 2. The third-order valence-electron chi connectivity index (χ3n) is 3.44. The summed E-state index contributed by atoms with van der Waals surface area (Å²) in [6.45, 7) is 8.40. The maximum Gasteiger partial charge on any atom is 0.230 e. The number of benzene rings is 1. The van der Waals surface area contributed by atoms with Gasteiger partial charge in [0, 0.05) is 18.4 Å². The first kappa shape index (κ1) is 11.7. The van der Waals surface area contributed by atoms with E-state index in [9.17, 15) is 9.90 Å². The predicted octanol–water partition coefficient (Wildman–Crippen LogP) is 2.57. The lowest BCUT2D eigenvalue weighted by Gasteiger charge is -2.17. The fraction of sp³-hybridized carbons (Fsp3) is 0.357. The van der Waals surface area contributed by atoms with Crippen molar-refractivity contribution >= 4 is 11.6 Å². The highest BCUT2D eigenvalue weighted by molar-refractivity contribution is 5.98. The molecule has 17 heavy (non-hydrogen) atoms. The summed E-state index contributed by atoms with van der Waals surface area (Å²) in [5, 5.41) is 9.78. The molecule has 1 aromatic rings. The van der Waals surface area contributed by atoms with Gasteiger partial charge < -0.3 is 10.0 Å². The van der Waals surface area contributed by atoms with Crippen molar-refractivity contribution in [1.82, 2.24) is 0 Å². The third-order valence-corrected chi connectivity index (χ3v) is 3.44. The Hall–Kier alpha value is -1.77. The lowest BCUT2D eigenvalue weighted by atomic mass is 9.92. The molecular formula is C14H17NO2. The van der Waals surface area contributed by atoms with Crippen molar-refractivity contribution in [3.63, 3.8) is 0 Å². The van der Waals surface area contributed by atoms with Crippen LogP contribution in [0.3, 0.4) is 0 Å². The molecule has 90 valence electrons. The average molecular weight is 231 g/mol. The third kappa shape index (κ3) is 1.93. The monoisotopic (exact) mass is 231 g/mol. The molecule has 2 unspecified atom stereocenters. The van der Waals surface area contributed by atoms with Crippen LogP contribution in [0, 0.1) is 11.8 Å². The molecule has 0 bridgehead atoms. The summed E-state index contributed by atoms with van der Waals surface area (Å²) in [7, 11) is 0. The van der Waals surface area contributed by atoms with E-state index in [-0.39, 0.29) is 23.5 Å². The van der Waals surface area contributed by atoms with Crippen LogP contribution in [0.15, 0.2) is 36.4 Å². The number of para-hydroxylation sites is 2.